The van der Waals surface area contributed by atoms with E-state index in [-0.39, 0.29) is 23.7 Å². The van der Waals surface area contributed by atoms with Crippen LogP contribution in [0.1, 0.15) is 50.2 Å². The Morgan fingerprint density at radius 1 is 1.10 bits per heavy atom. The van der Waals surface area contributed by atoms with Gasteiger partial charge in [-0.2, -0.15) is 0 Å². The van der Waals surface area contributed by atoms with E-state index in [1.807, 2.05) is 0 Å². The number of ether oxygens (including phenoxy) is 2. The summed E-state index contributed by atoms with van der Waals surface area (Å²) in [6, 6.07) is 9.73. The molecule has 4 aromatic rings. The van der Waals surface area contributed by atoms with E-state index in [4.69, 9.17) is 14.5 Å². The summed E-state index contributed by atoms with van der Waals surface area (Å²) in [6.07, 6.45) is 2.68. The minimum atomic E-state index is -4.82. The zero-order chi connectivity index (χ0) is 35.5. The third-order valence-electron chi connectivity index (χ3n) is 7.81. The maximum atomic E-state index is 16.7. The number of carbonyl (C=O) groups excluding carboxylic acids is 1. The van der Waals surface area contributed by atoms with Crippen LogP contribution in [0, 0.1) is 17.5 Å². The lowest BCUT2D eigenvalue weighted by molar-refractivity contribution is 0.0523. The molecule has 0 aliphatic carbocycles. The first kappa shape index (κ1) is 36.2. The van der Waals surface area contributed by atoms with Crippen molar-refractivity contribution in [2.75, 3.05) is 38.3 Å². The molecule has 0 saturated carbocycles. The number of piperidine rings is 1. The predicted molar refractivity (Wildman–Crippen MR) is 181 cm³/mol. The number of nitrogens with zero attached hydrogens (tertiary/aromatic N) is 4. The van der Waals surface area contributed by atoms with Crippen LogP contribution in [0.2, 0.25) is 0 Å². The van der Waals surface area contributed by atoms with Crippen molar-refractivity contribution in [3.63, 3.8) is 0 Å². The number of hydrogen-bond donors (Lipinski definition) is 1. The Labute approximate surface area is 288 Å². The monoisotopic (exact) mass is 717 g/mol. The highest BCUT2D eigenvalue weighted by molar-refractivity contribution is 7.92. The SMILES string of the molecule is COCN(c1cccc(-c2nc(C3CCN(C)CC3)sc2-c2ccnc(CNC(=O)OC(C)(C)C)c2)c1F)S(=O)(=O)c1cc(F)ccc1F. The third-order valence-corrected chi connectivity index (χ3v) is 10.8. The fourth-order valence-electron chi connectivity index (χ4n) is 5.41. The molecule has 1 saturated heterocycles. The van der Waals surface area contributed by atoms with Gasteiger partial charge in [0.05, 0.1) is 33.5 Å². The molecule has 2 aromatic heterocycles. The number of nitrogens with one attached hydrogen (secondary N) is 1. The number of methoxy groups -OCH3 is 1. The predicted octanol–water partition coefficient (Wildman–Crippen LogP) is 6.92. The van der Waals surface area contributed by atoms with Crippen molar-refractivity contribution in [1.82, 2.24) is 20.2 Å². The van der Waals surface area contributed by atoms with Gasteiger partial charge in [0.15, 0.2) is 5.82 Å². The Balaban J connectivity index is 1.59. The average molecular weight is 718 g/mol. The lowest BCUT2D eigenvalue weighted by Gasteiger charge is -2.27. The molecule has 2 aromatic carbocycles. The van der Waals surface area contributed by atoms with Crippen LogP contribution in [0.3, 0.4) is 0 Å². The second-order valence-corrected chi connectivity index (χ2v) is 15.5. The highest BCUT2D eigenvalue weighted by Gasteiger charge is 2.33. The van der Waals surface area contributed by atoms with E-state index in [9.17, 15) is 22.0 Å². The van der Waals surface area contributed by atoms with E-state index in [0.29, 0.717) is 32.6 Å². The molecular formula is C34H38F3N5O5S2. The molecule has 0 radical (unpaired) electrons. The van der Waals surface area contributed by atoms with Crippen molar-refractivity contribution in [3.8, 4) is 21.7 Å². The molecule has 0 unspecified atom stereocenters. The molecular weight excluding hydrogens is 680 g/mol. The summed E-state index contributed by atoms with van der Waals surface area (Å²) in [6.45, 7) is 6.41. The summed E-state index contributed by atoms with van der Waals surface area (Å²) in [7, 11) is -1.57. The van der Waals surface area contributed by atoms with Gasteiger partial charge >= 0.3 is 6.09 Å². The summed E-state index contributed by atoms with van der Waals surface area (Å²) < 4.78 is 83.8. The minimum absolute atomic E-state index is 0.00388. The number of sulfonamides is 1. The normalized spacial score (nSPS) is 14.5. The molecule has 5 rings (SSSR count). The Hall–Kier alpha value is -4.05. The molecule has 49 heavy (non-hydrogen) atoms. The molecule has 0 atom stereocenters. The number of pyridine rings is 1. The largest absolute Gasteiger partial charge is 0.444 e. The van der Waals surface area contributed by atoms with Crippen LogP contribution in [0.5, 0.6) is 0 Å². The molecule has 10 nitrogen and oxygen atoms in total. The van der Waals surface area contributed by atoms with E-state index in [1.54, 1.807) is 39.1 Å². The van der Waals surface area contributed by atoms with Crippen molar-refractivity contribution < 1.29 is 35.9 Å². The molecule has 0 spiro atoms. The standard InChI is InChI=1S/C34H38F3N5O5S2/c1-34(2,3)47-33(43)39-19-24-17-22(11-14-38-24)31-30(40-32(48-31)21-12-15-41(4)16-13-21)25-7-6-8-27(29(25)37)42(20-46-5)49(44,45)28-18-23(35)9-10-26(28)36/h6-11,14,17-18,21H,12-13,15-16,19-20H2,1-5H3,(H,39,43). The van der Waals surface area contributed by atoms with Gasteiger partial charge in [-0.25, -0.2) is 35.7 Å². The first-order valence-electron chi connectivity index (χ1n) is 15.5. The molecule has 1 aliphatic rings. The summed E-state index contributed by atoms with van der Waals surface area (Å²) >= 11 is 1.41. The fourth-order valence-corrected chi connectivity index (χ4v) is 8.12. The Bertz CT molecular complexity index is 1930. The van der Waals surface area contributed by atoms with Gasteiger partial charge in [-0.15, -0.1) is 11.3 Å². The van der Waals surface area contributed by atoms with E-state index < -0.39 is 56.5 Å². The fraction of sp³-hybridized carbons (Fsp3) is 0.382. The number of thiazole rings is 1. The van der Waals surface area contributed by atoms with Gasteiger partial charge in [-0.1, -0.05) is 6.07 Å². The lowest BCUT2D eigenvalue weighted by atomic mass is 9.98. The minimum Gasteiger partial charge on any atom is -0.444 e. The summed E-state index contributed by atoms with van der Waals surface area (Å²) in [5, 5.41) is 3.49. The highest BCUT2D eigenvalue weighted by Crippen LogP contribution is 2.44. The first-order chi connectivity index (χ1) is 23.2. The Kier molecular flexibility index (Phi) is 11.0. The van der Waals surface area contributed by atoms with Gasteiger partial charge in [-0.05, 0) is 102 Å². The van der Waals surface area contributed by atoms with Crippen LogP contribution in [0.4, 0.5) is 23.7 Å². The number of carbonyl (C=O) groups is 1. The number of benzene rings is 2. The van der Waals surface area contributed by atoms with Crippen LogP contribution in [-0.4, -0.2) is 69.0 Å². The molecule has 1 fully saturated rings. The van der Waals surface area contributed by atoms with Crippen LogP contribution in [0.25, 0.3) is 21.7 Å². The van der Waals surface area contributed by atoms with Crippen LogP contribution < -0.4 is 9.62 Å². The number of alkyl carbamates (subject to hydrolysis) is 1. The quantitative estimate of drug-likeness (QED) is 0.176. The van der Waals surface area contributed by atoms with Gasteiger partial charge < -0.3 is 19.7 Å². The number of rotatable bonds is 10. The lowest BCUT2D eigenvalue weighted by Crippen LogP contribution is -2.34. The second kappa shape index (κ2) is 14.8. The van der Waals surface area contributed by atoms with Crippen molar-refractivity contribution in [2.24, 2.45) is 0 Å². The van der Waals surface area contributed by atoms with E-state index in [1.165, 1.54) is 36.6 Å². The summed E-state index contributed by atoms with van der Waals surface area (Å²) in [5.41, 5.74) is 0.359. The van der Waals surface area contributed by atoms with Crippen molar-refractivity contribution in [1.29, 1.82) is 0 Å². The second-order valence-electron chi connectivity index (χ2n) is 12.7. The molecule has 1 aliphatic heterocycles. The summed E-state index contributed by atoms with van der Waals surface area (Å²) in [4.78, 5) is 23.5. The molecule has 15 heteroatoms. The zero-order valence-electron chi connectivity index (χ0n) is 27.8. The van der Waals surface area contributed by atoms with E-state index in [0.717, 1.165) is 37.0 Å². The molecule has 1 amide bonds. The van der Waals surface area contributed by atoms with Crippen LogP contribution in [-0.2, 0) is 26.0 Å². The number of aromatic nitrogens is 2. The maximum absolute atomic E-state index is 16.7. The average Bonchev–Trinajstić information content (AvgIpc) is 3.49. The molecule has 3 heterocycles. The first-order valence-corrected chi connectivity index (χ1v) is 17.8. The van der Waals surface area contributed by atoms with Gasteiger partial charge in [0.2, 0.25) is 0 Å². The van der Waals surface area contributed by atoms with Crippen molar-refractivity contribution in [3.05, 3.63) is 82.9 Å². The number of anilines is 1. The van der Waals surface area contributed by atoms with Gasteiger partial charge in [-0.3, -0.25) is 4.98 Å². The molecule has 262 valence electrons. The smallest absolute Gasteiger partial charge is 0.407 e. The highest BCUT2D eigenvalue weighted by atomic mass is 32.2. The topological polar surface area (TPSA) is 114 Å². The van der Waals surface area contributed by atoms with Crippen molar-refractivity contribution >= 4 is 33.1 Å². The number of amides is 1. The van der Waals surface area contributed by atoms with Crippen molar-refractivity contribution in [2.45, 2.75) is 56.6 Å². The van der Waals surface area contributed by atoms with E-state index in [2.05, 4.69) is 22.2 Å². The number of halogens is 3. The zero-order valence-corrected chi connectivity index (χ0v) is 29.4. The Morgan fingerprint density at radius 3 is 2.53 bits per heavy atom. The van der Waals surface area contributed by atoms with Gasteiger partial charge in [0.1, 0.15) is 28.9 Å². The van der Waals surface area contributed by atoms with Crippen LogP contribution >= 0.6 is 11.3 Å². The van der Waals surface area contributed by atoms with Gasteiger partial charge in [0.25, 0.3) is 10.0 Å². The molecule has 1 N–H and O–H groups in total. The number of hydrogen-bond acceptors (Lipinski definition) is 9. The number of likely N-dealkylation sites (tertiary alicyclic amines) is 1. The van der Waals surface area contributed by atoms with E-state index >= 15 is 4.39 Å². The molecule has 0 bridgehead atoms. The van der Waals surface area contributed by atoms with Gasteiger partial charge in [0, 0.05) is 24.8 Å². The summed E-state index contributed by atoms with van der Waals surface area (Å²) in [5.74, 6) is -2.99. The maximum Gasteiger partial charge on any atom is 0.407 e. The van der Waals surface area contributed by atoms with Crippen LogP contribution in [0.15, 0.2) is 59.6 Å². The third kappa shape index (κ3) is 8.40. The Morgan fingerprint density at radius 2 is 1.84 bits per heavy atom.